The summed E-state index contributed by atoms with van der Waals surface area (Å²) in [6.07, 6.45) is 2.52. The number of aliphatic hydroxyl groups excluding tert-OH is 1. The lowest BCUT2D eigenvalue weighted by atomic mass is 9.77. The maximum absolute atomic E-state index is 12.1. The van der Waals surface area contributed by atoms with Crippen molar-refractivity contribution in [3.63, 3.8) is 0 Å². The summed E-state index contributed by atoms with van der Waals surface area (Å²) < 4.78 is 5.57. The van der Waals surface area contributed by atoms with Crippen molar-refractivity contribution in [2.24, 2.45) is 10.4 Å². The molecule has 0 amide bonds. The summed E-state index contributed by atoms with van der Waals surface area (Å²) in [6, 6.07) is 7.32. The van der Waals surface area contributed by atoms with Crippen molar-refractivity contribution in [2.75, 3.05) is 0 Å². The number of carbonyl (C=O) groups is 1. The summed E-state index contributed by atoms with van der Waals surface area (Å²) in [5.41, 5.74) is 0.852. The third kappa shape index (κ3) is 4.20. The highest BCUT2D eigenvalue weighted by atomic mass is 16.5. The molecule has 22 heavy (non-hydrogen) atoms. The van der Waals surface area contributed by atoms with E-state index in [-0.39, 0.29) is 23.1 Å². The molecule has 0 fully saturated rings. The van der Waals surface area contributed by atoms with Crippen LogP contribution in [0.3, 0.4) is 0 Å². The Hall–Kier alpha value is -2.10. The van der Waals surface area contributed by atoms with Gasteiger partial charge in [-0.15, -0.1) is 0 Å². The Balaban J connectivity index is 2.13. The minimum absolute atomic E-state index is 0.0581. The van der Waals surface area contributed by atoms with Crippen molar-refractivity contribution in [3.8, 4) is 5.75 Å². The van der Waals surface area contributed by atoms with Crippen LogP contribution >= 0.6 is 0 Å². The lowest BCUT2D eigenvalue weighted by Gasteiger charge is -2.28. The van der Waals surface area contributed by atoms with Gasteiger partial charge in [0.2, 0.25) is 0 Å². The molecule has 1 aliphatic carbocycles. The Morgan fingerprint density at radius 3 is 2.41 bits per heavy atom. The van der Waals surface area contributed by atoms with E-state index >= 15 is 0 Å². The number of benzene rings is 1. The van der Waals surface area contributed by atoms with Crippen LogP contribution in [-0.2, 0) is 4.79 Å². The smallest absolute Gasteiger partial charge is 0.168 e. The quantitative estimate of drug-likeness (QED) is 0.840. The van der Waals surface area contributed by atoms with E-state index in [0.29, 0.717) is 24.1 Å². The van der Waals surface area contributed by atoms with Gasteiger partial charge in [-0.3, -0.25) is 9.79 Å². The molecule has 0 bridgehead atoms. The molecule has 0 aromatic heterocycles. The average Bonchev–Trinajstić information content (AvgIpc) is 2.37. The van der Waals surface area contributed by atoms with Crippen LogP contribution < -0.4 is 4.74 Å². The highest BCUT2D eigenvalue weighted by Gasteiger charge is 2.32. The van der Waals surface area contributed by atoms with Crippen LogP contribution in [0, 0.1) is 5.41 Å². The van der Waals surface area contributed by atoms with Gasteiger partial charge in [0.05, 0.1) is 17.4 Å². The predicted octanol–water partition coefficient (Wildman–Crippen LogP) is 4.38. The van der Waals surface area contributed by atoms with E-state index in [1.54, 1.807) is 0 Å². The van der Waals surface area contributed by atoms with E-state index in [4.69, 9.17) is 4.74 Å². The molecular formula is C18H23NO3. The normalized spacial score (nSPS) is 18.3. The Kier molecular flexibility index (Phi) is 4.69. The third-order valence-corrected chi connectivity index (χ3v) is 3.45. The van der Waals surface area contributed by atoms with Gasteiger partial charge in [-0.1, -0.05) is 13.8 Å². The van der Waals surface area contributed by atoms with Crippen molar-refractivity contribution in [1.82, 2.24) is 0 Å². The molecule has 0 atom stereocenters. The first-order chi connectivity index (χ1) is 10.3. The van der Waals surface area contributed by atoms with Crippen LogP contribution in [0.2, 0.25) is 0 Å². The van der Waals surface area contributed by atoms with Gasteiger partial charge < -0.3 is 9.84 Å². The summed E-state index contributed by atoms with van der Waals surface area (Å²) in [6.45, 7) is 7.89. The zero-order chi connectivity index (χ0) is 16.3. The number of rotatable bonds is 4. The second-order valence-corrected chi connectivity index (χ2v) is 6.72. The van der Waals surface area contributed by atoms with Crippen LogP contribution in [0.25, 0.3) is 0 Å². The molecule has 118 valence electrons. The first-order valence-electron chi connectivity index (χ1n) is 7.53. The molecule has 0 aliphatic heterocycles. The molecule has 0 radical (unpaired) electrons. The summed E-state index contributed by atoms with van der Waals surface area (Å²) >= 11 is 0. The lowest BCUT2D eigenvalue weighted by Crippen LogP contribution is -2.26. The number of ketones is 1. The number of carbonyl (C=O) groups excluding carboxylic acids is 1. The SMILES string of the molecule is CC(C)Oc1ccc(N=CC2=C(O)CC(C)(C)CC2=O)cc1. The summed E-state index contributed by atoms with van der Waals surface area (Å²) in [7, 11) is 0. The molecule has 0 spiro atoms. The fraction of sp³-hybridized carbons (Fsp3) is 0.444. The fourth-order valence-corrected chi connectivity index (χ4v) is 2.47. The maximum atomic E-state index is 12.1. The van der Waals surface area contributed by atoms with Gasteiger partial charge in [-0.2, -0.15) is 0 Å². The van der Waals surface area contributed by atoms with Gasteiger partial charge in [0.15, 0.2) is 5.78 Å². The topological polar surface area (TPSA) is 58.9 Å². The van der Waals surface area contributed by atoms with Gasteiger partial charge >= 0.3 is 0 Å². The molecule has 1 aromatic rings. The van der Waals surface area contributed by atoms with Crippen molar-refractivity contribution in [3.05, 3.63) is 35.6 Å². The van der Waals surface area contributed by atoms with Gasteiger partial charge in [0.25, 0.3) is 0 Å². The summed E-state index contributed by atoms with van der Waals surface area (Å²) in [5, 5.41) is 10.0. The zero-order valence-electron chi connectivity index (χ0n) is 13.6. The first kappa shape index (κ1) is 16.3. The second-order valence-electron chi connectivity index (χ2n) is 6.72. The molecule has 2 rings (SSSR count). The Labute approximate surface area is 131 Å². The van der Waals surface area contributed by atoms with Crippen molar-refractivity contribution >= 4 is 17.7 Å². The Morgan fingerprint density at radius 1 is 1.23 bits per heavy atom. The number of allylic oxidation sites excluding steroid dienone is 2. The van der Waals surface area contributed by atoms with Crippen LogP contribution in [0.5, 0.6) is 5.75 Å². The van der Waals surface area contributed by atoms with E-state index in [2.05, 4.69) is 4.99 Å². The molecule has 1 aliphatic rings. The van der Waals surface area contributed by atoms with Crippen LogP contribution in [0.15, 0.2) is 40.6 Å². The van der Waals surface area contributed by atoms with Crippen molar-refractivity contribution in [1.29, 1.82) is 0 Å². The number of aliphatic imine (C=N–C) groups is 1. The number of aliphatic hydroxyl groups is 1. The lowest BCUT2D eigenvalue weighted by molar-refractivity contribution is -0.117. The van der Waals surface area contributed by atoms with Crippen LogP contribution in [0.1, 0.15) is 40.5 Å². The second kappa shape index (κ2) is 6.34. The molecule has 0 unspecified atom stereocenters. The van der Waals surface area contributed by atoms with Crippen molar-refractivity contribution in [2.45, 2.75) is 46.6 Å². The number of nitrogens with zero attached hydrogens (tertiary/aromatic N) is 1. The van der Waals surface area contributed by atoms with Crippen LogP contribution in [0.4, 0.5) is 5.69 Å². The highest BCUT2D eigenvalue weighted by Crippen LogP contribution is 2.35. The fourth-order valence-electron chi connectivity index (χ4n) is 2.47. The molecule has 1 N–H and O–H groups in total. The van der Waals surface area contributed by atoms with E-state index in [1.165, 1.54) is 6.21 Å². The molecular weight excluding hydrogens is 278 g/mol. The number of hydrogen-bond acceptors (Lipinski definition) is 4. The van der Waals surface area contributed by atoms with Gasteiger partial charge in [-0.25, -0.2) is 0 Å². The molecule has 0 saturated heterocycles. The monoisotopic (exact) mass is 301 g/mol. The van der Waals surface area contributed by atoms with Crippen LogP contribution in [-0.4, -0.2) is 23.2 Å². The van der Waals surface area contributed by atoms with E-state index in [0.717, 1.165) is 5.75 Å². The predicted molar refractivity (Wildman–Crippen MR) is 88.0 cm³/mol. The maximum Gasteiger partial charge on any atom is 0.168 e. The van der Waals surface area contributed by atoms with Crippen molar-refractivity contribution < 1.29 is 14.6 Å². The van der Waals surface area contributed by atoms with Gasteiger partial charge in [0, 0.05) is 19.1 Å². The minimum Gasteiger partial charge on any atom is -0.511 e. The first-order valence-corrected chi connectivity index (χ1v) is 7.53. The van der Waals surface area contributed by atoms with Gasteiger partial charge in [-0.05, 0) is 43.5 Å². The zero-order valence-corrected chi connectivity index (χ0v) is 13.6. The summed E-state index contributed by atoms with van der Waals surface area (Å²) in [5.74, 6) is 0.855. The standard InChI is InChI=1S/C18H23NO3/c1-12(2)22-14-7-5-13(6-8-14)19-11-15-16(20)9-18(3,4)10-17(15)21/h5-8,11-12,20H,9-10H2,1-4H3. The minimum atomic E-state index is -0.186. The molecule has 4 heteroatoms. The molecule has 0 saturated carbocycles. The number of ether oxygens (including phenoxy) is 1. The number of Topliss-reactive ketones (excluding diaryl/α,β-unsaturated/α-hetero) is 1. The molecule has 1 aromatic carbocycles. The Morgan fingerprint density at radius 2 is 1.86 bits per heavy atom. The molecule has 0 heterocycles. The van der Waals surface area contributed by atoms with E-state index in [1.807, 2.05) is 52.0 Å². The third-order valence-electron chi connectivity index (χ3n) is 3.45. The Bertz CT molecular complexity index is 610. The van der Waals surface area contributed by atoms with E-state index in [9.17, 15) is 9.90 Å². The van der Waals surface area contributed by atoms with Gasteiger partial charge in [0.1, 0.15) is 11.5 Å². The summed E-state index contributed by atoms with van der Waals surface area (Å²) in [4.78, 5) is 16.4. The highest BCUT2D eigenvalue weighted by molar-refractivity contribution is 6.14. The average molecular weight is 301 g/mol. The van der Waals surface area contributed by atoms with E-state index < -0.39 is 0 Å². The largest absolute Gasteiger partial charge is 0.511 e. The molecule has 4 nitrogen and oxygen atoms in total. The number of hydrogen-bond donors (Lipinski definition) is 1.